The molecule has 0 amide bonds. The van der Waals surface area contributed by atoms with Crippen LogP contribution in [0.15, 0.2) is 18.2 Å². The molecular weight excluding hydrogens is 289 g/mol. The second-order valence-electron chi connectivity index (χ2n) is 4.29. The number of carboxylic acids is 1. The van der Waals surface area contributed by atoms with Gasteiger partial charge >= 0.3 is 5.97 Å². The molecule has 0 fully saturated rings. The van der Waals surface area contributed by atoms with Gasteiger partial charge in [0.05, 0.1) is 16.4 Å². The molecular formula is C12H11Cl2N3O2. The lowest BCUT2D eigenvalue weighted by molar-refractivity contribution is 0.0688. The van der Waals surface area contributed by atoms with E-state index in [1.807, 2.05) is 13.8 Å². The van der Waals surface area contributed by atoms with E-state index in [2.05, 4.69) is 10.3 Å². The number of rotatable bonds is 3. The molecule has 7 heteroatoms. The summed E-state index contributed by atoms with van der Waals surface area (Å²) >= 11 is 11.9. The molecule has 0 unspecified atom stereocenters. The topological polar surface area (TPSA) is 68.0 Å². The van der Waals surface area contributed by atoms with Crippen LogP contribution in [-0.4, -0.2) is 26.1 Å². The van der Waals surface area contributed by atoms with E-state index in [4.69, 9.17) is 28.3 Å². The molecule has 0 atom stereocenters. The van der Waals surface area contributed by atoms with E-state index in [1.165, 1.54) is 4.68 Å². The first-order valence-corrected chi connectivity index (χ1v) is 6.31. The summed E-state index contributed by atoms with van der Waals surface area (Å²) in [5, 5.41) is 17.6. The van der Waals surface area contributed by atoms with E-state index in [0.717, 1.165) is 0 Å². The fourth-order valence-electron chi connectivity index (χ4n) is 1.79. The number of benzene rings is 1. The van der Waals surface area contributed by atoms with Crippen molar-refractivity contribution in [1.82, 2.24) is 15.0 Å². The molecule has 5 nitrogen and oxygen atoms in total. The summed E-state index contributed by atoms with van der Waals surface area (Å²) in [5.74, 6) is -1.17. The maximum atomic E-state index is 11.1. The Morgan fingerprint density at radius 2 is 2.05 bits per heavy atom. The summed E-state index contributed by atoms with van der Waals surface area (Å²) in [5.41, 5.74) is 0.979. The fraction of sp³-hybridized carbons (Fsp3) is 0.250. The number of aromatic nitrogens is 3. The van der Waals surface area contributed by atoms with Crippen molar-refractivity contribution in [2.24, 2.45) is 0 Å². The highest BCUT2D eigenvalue weighted by Gasteiger charge is 2.23. The Balaban J connectivity index is 2.65. The maximum absolute atomic E-state index is 11.1. The van der Waals surface area contributed by atoms with Crippen LogP contribution < -0.4 is 0 Å². The number of nitrogens with zero attached hydrogens (tertiary/aromatic N) is 3. The SMILES string of the molecule is CC(C)c1c(C(=O)O)nnn1-c1ccc(Cl)cc1Cl. The molecule has 0 spiro atoms. The molecule has 0 aliphatic heterocycles. The average molecular weight is 300 g/mol. The third kappa shape index (κ3) is 2.57. The lowest BCUT2D eigenvalue weighted by Gasteiger charge is -2.11. The highest BCUT2D eigenvalue weighted by atomic mass is 35.5. The van der Waals surface area contributed by atoms with Gasteiger partial charge in [-0.2, -0.15) is 0 Å². The Bertz CT molecular complexity index is 638. The number of halogens is 2. The van der Waals surface area contributed by atoms with Gasteiger partial charge in [-0.3, -0.25) is 0 Å². The predicted octanol–water partition coefficient (Wildman–Crippen LogP) is 3.40. The van der Waals surface area contributed by atoms with Crippen molar-refractivity contribution in [3.05, 3.63) is 39.6 Å². The van der Waals surface area contributed by atoms with E-state index in [-0.39, 0.29) is 11.6 Å². The van der Waals surface area contributed by atoms with Gasteiger partial charge in [0, 0.05) is 5.02 Å². The Kier molecular flexibility index (Phi) is 3.78. The van der Waals surface area contributed by atoms with Crippen LogP contribution >= 0.6 is 23.2 Å². The zero-order valence-corrected chi connectivity index (χ0v) is 11.8. The van der Waals surface area contributed by atoms with Gasteiger partial charge in [-0.25, -0.2) is 9.48 Å². The Labute approximate surface area is 119 Å². The van der Waals surface area contributed by atoms with Crippen LogP contribution in [0.1, 0.15) is 35.9 Å². The van der Waals surface area contributed by atoms with Crippen LogP contribution in [0.5, 0.6) is 0 Å². The second-order valence-corrected chi connectivity index (χ2v) is 5.13. The molecule has 0 aliphatic rings. The number of hydrogen-bond donors (Lipinski definition) is 1. The average Bonchev–Trinajstić information content (AvgIpc) is 2.73. The number of hydrogen-bond acceptors (Lipinski definition) is 3. The summed E-state index contributed by atoms with van der Waals surface area (Å²) in [6.07, 6.45) is 0. The van der Waals surface area contributed by atoms with Crippen molar-refractivity contribution in [3.63, 3.8) is 0 Å². The molecule has 1 aromatic carbocycles. The minimum Gasteiger partial charge on any atom is -0.476 e. The standard InChI is InChI=1S/C12H11Cl2N3O2/c1-6(2)11-10(12(18)19)15-16-17(11)9-4-3-7(13)5-8(9)14/h3-6H,1-2H3,(H,18,19). The van der Waals surface area contributed by atoms with E-state index >= 15 is 0 Å². The zero-order chi connectivity index (χ0) is 14.2. The van der Waals surface area contributed by atoms with Crippen LogP contribution in [0.25, 0.3) is 5.69 Å². The second kappa shape index (κ2) is 5.19. The zero-order valence-electron chi connectivity index (χ0n) is 10.3. The smallest absolute Gasteiger partial charge is 0.358 e. The number of carbonyl (C=O) groups is 1. The summed E-state index contributed by atoms with van der Waals surface area (Å²) in [4.78, 5) is 11.1. The van der Waals surface area contributed by atoms with Crippen LogP contribution in [-0.2, 0) is 0 Å². The number of aromatic carboxylic acids is 1. The summed E-state index contributed by atoms with van der Waals surface area (Å²) in [6, 6.07) is 4.91. The van der Waals surface area contributed by atoms with E-state index in [9.17, 15) is 4.79 Å². The number of carboxylic acid groups (broad SMARTS) is 1. The minimum absolute atomic E-state index is 0.0622. The molecule has 2 aromatic rings. The van der Waals surface area contributed by atoms with E-state index in [1.54, 1.807) is 18.2 Å². The normalized spacial score (nSPS) is 11.0. The summed E-state index contributed by atoms with van der Waals surface area (Å²) in [6.45, 7) is 3.73. The fourth-order valence-corrected chi connectivity index (χ4v) is 2.28. The van der Waals surface area contributed by atoms with Gasteiger partial charge in [-0.05, 0) is 24.1 Å². The Morgan fingerprint density at radius 1 is 1.37 bits per heavy atom. The van der Waals surface area contributed by atoms with Gasteiger partial charge in [0.25, 0.3) is 0 Å². The quantitative estimate of drug-likeness (QED) is 0.943. The first kappa shape index (κ1) is 13.8. The van der Waals surface area contributed by atoms with Gasteiger partial charge in [0.15, 0.2) is 5.69 Å². The van der Waals surface area contributed by atoms with Crippen molar-refractivity contribution in [2.45, 2.75) is 19.8 Å². The lowest BCUT2D eigenvalue weighted by Crippen LogP contribution is -2.08. The first-order chi connectivity index (χ1) is 8.91. The van der Waals surface area contributed by atoms with Crippen molar-refractivity contribution >= 4 is 29.2 Å². The molecule has 0 saturated carbocycles. The van der Waals surface area contributed by atoms with Gasteiger partial charge in [0.2, 0.25) is 0 Å². The third-order valence-electron chi connectivity index (χ3n) is 2.59. The van der Waals surface area contributed by atoms with Gasteiger partial charge in [-0.1, -0.05) is 42.3 Å². The molecule has 0 bridgehead atoms. The molecule has 100 valence electrons. The van der Waals surface area contributed by atoms with Crippen molar-refractivity contribution in [2.75, 3.05) is 0 Å². The van der Waals surface area contributed by atoms with Crippen molar-refractivity contribution < 1.29 is 9.90 Å². The van der Waals surface area contributed by atoms with Crippen molar-refractivity contribution in [3.8, 4) is 5.69 Å². The molecule has 0 aliphatic carbocycles. The highest BCUT2D eigenvalue weighted by Crippen LogP contribution is 2.28. The molecule has 19 heavy (non-hydrogen) atoms. The van der Waals surface area contributed by atoms with Crippen molar-refractivity contribution in [1.29, 1.82) is 0 Å². The van der Waals surface area contributed by atoms with Gasteiger partial charge in [0.1, 0.15) is 0 Å². The maximum Gasteiger partial charge on any atom is 0.358 e. The highest BCUT2D eigenvalue weighted by molar-refractivity contribution is 6.35. The Morgan fingerprint density at radius 3 is 2.58 bits per heavy atom. The molecule has 1 aromatic heterocycles. The Hall–Kier alpha value is -1.59. The molecule has 0 radical (unpaired) electrons. The minimum atomic E-state index is -1.11. The first-order valence-electron chi connectivity index (χ1n) is 5.56. The van der Waals surface area contributed by atoms with Gasteiger partial charge in [-0.15, -0.1) is 5.10 Å². The third-order valence-corrected chi connectivity index (χ3v) is 3.13. The molecule has 1 heterocycles. The largest absolute Gasteiger partial charge is 0.476 e. The summed E-state index contributed by atoms with van der Waals surface area (Å²) < 4.78 is 1.44. The van der Waals surface area contributed by atoms with E-state index in [0.29, 0.717) is 21.4 Å². The lowest BCUT2D eigenvalue weighted by atomic mass is 10.1. The van der Waals surface area contributed by atoms with Crippen LogP contribution in [0.2, 0.25) is 10.0 Å². The van der Waals surface area contributed by atoms with E-state index < -0.39 is 5.97 Å². The summed E-state index contributed by atoms with van der Waals surface area (Å²) in [7, 11) is 0. The van der Waals surface area contributed by atoms with Crippen LogP contribution in [0.3, 0.4) is 0 Å². The molecule has 2 rings (SSSR count). The van der Waals surface area contributed by atoms with Crippen LogP contribution in [0.4, 0.5) is 0 Å². The monoisotopic (exact) mass is 299 g/mol. The van der Waals surface area contributed by atoms with Crippen LogP contribution in [0, 0.1) is 0 Å². The predicted molar refractivity (Wildman–Crippen MR) is 72.4 cm³/mol. The molecule has 1 N–H and O–H groups in total. The molecule has 0 saturated heterocycles. The van der Waals surface area contributed by atoms with Gasteiger partial charge < -0.3 is 5.11 Å².